The van der Waals surface area contributed by atoms with E-state index in [4.69, 9.17) is 5.11 Å². The van der Waals surface area contributed by atoms with Gasteiger partial charge in [-0.2, -0.15) is 0 Å². The van der Waals surface area contributed by atoms with E-state index in [-0.39, 0.29) is 17.9 Å². The maximum Gasteiger partial charge on any atom is 0.356 e. The lowest BCUT2D eigenvalue weighted by Crippen LogP contribution is -2.40. The molecule has 1 aromatic rings. The van der Waals surface area contributed by atoms with Crippen LogP contribution in [0.4, 0.5) is 0 Å². The van der Waals surface area contributed by atoms with E-state index < -0.39 is 17.5 Å². The van der Waals surface area contributed by atoms with Crippen LogP contribution in [0.3, 0.4) is 0 Å². The second-order valence-electron chi connectivity index (χ2n) is 4.52. The molecular weight excluding hydrogens is 250 g/mol. The summed E-state index contributed by atoms with van der Waals surface area (Å²) in [5.74, 6) is -1.70. The monoisotopic (exact) mass is 267 g/mol. The molecule has 0 bridgehead atoms. The van der Waals surface area contributed by atoms with E-state index in [2.05, 4.69) is 15.3 Å². The first kappa shape index (κ1) is 15.0. The zero-order valence-electron chi connectivity index (χ0n) is 10.9. The van der Waals surface area contributed by atoms with Crippen LogP contribution in [0, 0.1) is 0 Å². The van der Waals surface area contributed by atoms with Crippen LogP contribution >= 0.6 is 0 Å². The van der Waals surface area contributed by atoms with Crippen LogP contribution in [0.25, 0.3) is 0 Å². The second-order valence-corrected chi connectivity index (χ2v) is 4.52. The van der Waals surface area contributed by atoms with Crippen LogP contribution in [-0.4, -0.2) is 44.2 Å². The highest BCUT2D eigenvalue weighted by molar-refractivity contribution is 5.92. The normalized spacial score (nSPS) is 13.6. The molecular formula is C12H17N3O4. The lowest BCUT2D eigenvalue weighted by Gasteiger charge is -2.22. The number of carbonyl (C=O) groups is 2. The van der Waals surface area contributed by atoms with Crippen LogP contribution in [0.2, 0.25) is 0 Å². The van der Waals surface area contributed by atoms with Crippen molar-refractivity contribution in [2.24, 2.45) is 0 Å². The lowest BCUT2D eigenvalue weighted by atomic mass is 10.0. The van der Waals surface area contributed by atoms with Crippen molar-refractivity contribution < 1.29 is 19.8 Å². The molecule has 0 fully saturated rings. The first-order valence-electron chi connectivity index (χ1n) is 5.91. The Labute approximate surface area is 110 Å². The average molecular weight is 267 g/mol. The molecule has 19 heavy (non-hydrogen) atoms. The molecule has 1 aromatic heterocycles. The Morgan fingerprint density at radius 1 is 1.32 bits per heavy atom. The van der Waals surface area contributed by atoms with Gasteiger partial charge in [-0.15, -0.1) is 0 Å². The number of aromatic carboxylic acids is 1. The topological polar surface area (TPSA) is 112 Å². The third kappa shape index (κ3) is 4.63. The van der Waals surface area contributed by atoms with Crippen LogP contribution in [0.1, 0.15) is 47.7 Å². The molecule has 1 atom stereocenters. The van der Waals surface area contributed by atoms with Gasteiger partial charge in [0.2, 0.25) is 0 Å². The van der Waals surface area contributed by atoms with Gasteiger partial charge in [-0.05, 0) is 13.3 Å². The fourth-order valence-electron chi connectivity index (χ4n) is 1.54. The zero-order chi connectivity index (χ0) is 14.5. The highest BCUT2D eigenvalue weighted by atomic mass is 16.4. The summed E-state index contributed by atoms with van der Waals surface area (Å²) < 4.78 is 0. The van der Waals surface area contributed by atoms with Gasteiger partial charge in [0, 0.05) is 6.54 Å². The standard InChI is InChI=1S/C12H17N3O4/c1-3-4-12(2,19)7-15-10(16)8-5-14-9(6-13-8)11(17)18/h5-6,19H,3-4,7H2,1-2H3,(H,15,16)(H,17,18). The van der Waals surface area contributed by atoms with E-state index in [9.17, 15) is 14.7 Å². The minimum absolute atomic E-state index is 0.0114. The first-order chi connectivity index (χ1) is 8.85. The minimum atomic E-state index is -1.20. The van der Waals surface area contributed by atoms with Crippen LogP contribution in [0.15, 0.2) is 12.4 Å². The molecule has 1 heterocycles. The average Bonchev–Trinajstić information content (AvgIpc) is 2.36. The van der Waals surface area contributed by atoms with Gasteiger partial charge in [0.05, 0.1) is 18.0 Å². The quantitative estimate of drug-likeness (QED) is 0.690. The molecule has 1 rings (SSSR count). The van der Waals surface area contributed by atoms with Gasteiger partial charge in [-0.3, -0.25) is 4.79 Å². The highest BCUT2D eigenvalue weighted by Crippen LogP contribution is 2.10. The third-order valence-electron chi connectivity index (χ3n) is 2.52. The number of aliphatic hydroxyl groups is 1. The Morgan fingerprint density at radius 2 is 1.89 bits per heavy atom. The summed E-state index contributed by atoms with van der Waals surface area (Å²) in [6.07, 6.45) is 3.47. The zero-order valence-corrected chi connectivity index (χ0v) is 10.9. The minimum Gasteiger partial charge on any atom is -0.476 e. The number of rotatable bonds is 6. The molecule has 0 spiro atoms. The smallest absolute Gasteiger partial charge is 0.356 e. The highest BCUT2D eigenvalue weighted by Gasteiger charge is 2.20. The maximum absolute atomic E-state index is 11.7. The van der Waals surface area contributed by atoms with Gasteiger partial charge in [0.25, 0.3) is 5.91 Å². The summed E-state index contributed by atoms with van der Waals surface area (Å²) in [5, 5.41) is 21.1. The maximum atomic E-state index is 11.7. The van der Waals surface area contributed by atoms with Crippen molar-refractivity contribution in [2.45, 2.75) is 32.3 Å². The van der Waals surface area contributed by atoms with E-state index in [1.54, 1.807) is 6.92 Å². The number of aromatic nitrogens is 2. The van der Waals surface area contributed by atoms with Crippen molar-refractivity contribution in [3.8, 4) is 0 Å². The van der Waals surface area contributed by atoms with Crippen molar-refractivity contribution in [3.63, 3.8) is 0 Å². The van der Waals surface area contributed by atoms with Crippen LogP contribution in [0.5, 0.6) is 0 Å². The van der Waals surface area contributed by atoms with Crippen molar-refractivity contribution >= 4 is 11.9 Å². The summed E-state index contributed by atoms with van der Waals surface area (Å²) >= 11 is 0. The van der Waals surface area contributed by atoms with Crippen molar-refractivity contribution in [1.82, 2.24) is 15.3 Å². The Hall–Kier alpha value is -2.02. The van der Waals surface area contributed by atoms with E-state index in [1.807, 2.05) is 6.92 Å². The van der Waals surface area contributed by atoms with Gasteiger partial charge in [0.15, 0.2) is 5.69 Å². The molecule has 1 amide bonds. The third-order valence-corrected chi connectivity index (χ3v) is 2.52. The largest absolute Gasteiger partial charge is 0.476 e. The van der Waals surface area contributed by atoms with Gasteiger partial charge in [-0.1, -0.05) is 13.3 Å². The molecule has 104 valence electrons. The van der Waals surface area contributed by atoms with Crippen molar-refractivity contribution in [2.75, 3.05) is 6.54 Å². The lowest BCUT2D eigenvalue weighted by molar-refractivity contribution is 0.0468. The van der Waals surface area contributed by atoms with Crippen LogP contribution < -0.4 is 5.32 Å². The summed E-state index contributed by atoms with van der Waals surface area (Å²) in [6, 6.07) is 0. The SMILES string of the molecule is CCCC(C)(O)CNC(=O)c1cnc(C(=O)O)cn1. The van der Waals surface area contributed by atoms with Gasteiger partial charge >= 0.3 is 5.97 Å². The summed E-state index contributed by atoms with van der Waals surface area (Å²) in [7, 11) is 0. The molecule has 0 saturated heterocycles. The number of carbonyl (C=O) groups excluding carboxylic acids is 1. The van der Waals surface area contributed by atoms with Gasteiger partial charge in [-0.25, -0.2) is 14.8 Å². The molecule has 1 unspecified atom stereocenters. The Balaban J connectivity index is 2.61. The Morgan fingerprint density at radius 3 is 2.37 bits per heavy atom. The molecule has 0 radical (unpaired) electrons. The number of amides is 1. The van der Waals surface area contributed by atoms with Crippen LogP contribution in [-0.2, 0) is 0 Å². The molecule has 0 aliphatic heterocycles. The van der Waals surface area contributed by atoms with Crippen molar-refractivity contribution in [3.05, 3.63) is 23.8 Å². The summed E-state index contributed by atoms with van der Waals surface area (Å²) in [6.45, 7) is 3.67. The van der Waals surface area contributed by atoms with Crippen molar-refractivity contribution in [1.29, 1.82) is 0 Å². The molecule has 0 saturated carbocycles. The predicted octanol–water partition coefficient (Wildman–Crippen LogP) is 0.456. The number of nitrogens with one attached hydrogen (secondary N) is 1. The second kappa shape index (κ2) is 6.24. The predicted molar refractivity (Wildman–Crippen MR) is 66.9 cm³/mol. The van der Waals surface area contributed by atoms with Gasteiger partial charge < -0.3 is 15.5 Å². The number of hydrogen-bond acceptors (Lipinski definition) is 5. The molecule has 0 aromatic carbocycles. The van der Waals surface area contributed by atoms with E-state index >= 15 is 0 Å². The number of hydrogen-bond donors (Lipinski definition) is 3. The Kier molecular flexibility index (Phi) is 4.94. The molecule has 0 aliphatic rings. The van der Waals surface area contributed by atoms with E-state index in [0.29, 0.717) is 6.42 Å². The molecule has 3 N–H and O–H groups in total. The fourth-order valence-corrected chi connectivity index (χ4v) is 1.54. The molecule has 7 nitrogen and oxygen atoms in total. The summed E-state index contributed by atoms with van der Waals surface area (Å²) in [4.78, 5) is 29.6. The number of nitrogens with zero attached hydrogens (tertiary/aromatic N) is 2. The number of carboxylic acids is 1. The fraction of sp³-hybridized carbons (Fsp3) is 0.500. The van der Waals surface area contributed by atoms with E-state index in [0.717, 1.165) is 18.8 Å². The molecule has 0 aliphatic carbocycles. The molecule has 7 heteroatoms. The first-order valence-corrected chi connectivity index (χ1v) is 5.91. The van der Waals surface area contributed by atoms with Gasteiger partial charge in [0.1, 0.15) is 5.69 Å². The van der Waals surface area contributed by atoms with E-state index in [1.165, 1.54) is 0 Å². The Bertz CT molecular complexity index is 457. The number of carboxylic acid groups (broad SMARTS) is 1. The summed E-state index contributed by atoms with van der Waals surface area (Å²) in [5.41, 5.74) is -1.19.